The van der Waals surface area contributed by atoms with E-state index in [4.69, 9.17) is 11.6 Å². The Kier molecular flexibility index (Phi) is 4.37. The summed E-state index contributed by atoms with van der Waals surface area (Å²) in [6.07, 6.45) is 3.00. The van der Waals surface area contributed by atoms with Gasteiger partial charge in [0, 0.05) is 12.3 Å². The molecule has 0 saturated heterocycles. The SMILES string of the molecule is O=c1c(-c2c(F)cccc2F)c(O)n(Cc2cnc(Cl)s2)c2cccc[n+]12. The van der Waals surface area contributed by atoms with Gasteiger partial charge in [0.1, 0.15) is 18.2 Å². The number of fused-ring (bicyclic) bond motifs is 1. The van der Waals surface area contributed by atoms with Crippen LogP contribution >= 0.6 is 22.9 Å². The molecule has 0 spiro atoms. The number of rotatable bonds is 3. The number of benzene rings is 1. The van der Waals surface area contributed by atoms with Crippen molar-refractivity contribution in [3.63, 3.8) is 0 Å². The van der Waals surface area contributed by atoms with Crippen LogP contribution in [0.5, 0.6) is 5.88 Å². The molecule has 0 aliphatic carbocycles. The summed E-state index contributed by atoms with van der Waals surface area (Å²) in [6, 6.07) is 8.17. The first-order valence-electron chi connectivity index (χ1n) is 7.78. The summed E-state index contributed by atoms with van der Waals surface area (Å²) in [5.74, 6) is -2.42. The van der Waals surface area contributed by atoms with Crippen LogP contribution in [0.4, 0.5) is 8.78 Å². The maximum Gasteiger partial charge on any atom is 0.354 e. The highest BCUT2D eigenvalue weighted by Gasteiger charge is 2.29. The van der Waals surface area contributed by atoms with Gasteiger partial charge >= 0.3 is 5.56 Å². The Morgan fingerprint density at radius 3 is 2.56 bits per heavy atom. The lowest BCUT2D eigenvalue weighted by Gasteiger charge is -2.10. The lowest BCUT2D eigenvalue weighted by molar-refractivity contribution is -0.532. The van der Waals surface area contributed by atoms with Gasteiger partial charge in [0.15, 0.2) is 10.0 Å². The zero-order valence-electron chi connectivity index (χ0n) is 13.6. The molecule has 27 heavy (non-hydrogen) atoms. The molecule has 0 aliphatic rings. The molecule has 3 aromatic heterocycles. The fraction of sp³-hybridized carbons (Fsp3) is 0.0556. The van der Waals surface area contributed by atoms with Crippen molar-refractivity contribution in [1.29, 1.82) is 0 Å². The van der Waals surface area contributed by atoms with E-state index >= 15 is 0 Å². The normalized spacial score (nSPS) is 11.2. The van der Waals surface area contributed by atoms with Gasteiger partial charge in [-0.05, 0) is 18.2 Å². The maximum absolute atomic E-state index is 14.3. The molecule has 4 aromatic rings. The van der Waals surface area contributed by atoms with Crippen molar-refractivity contribution in [3.8, 4) is 17.0 Å². The van der Waals surface area contributed by atoms with Crippen LogP contribution in [0, 0.1) is 11.6 Å². The van der Waals surface area contributed by atoms with Gasteiger partial charge < -0.3 is 5.11 Å². The third-order valence-corrected chi connectivity index (χ3v) is 5.18. The first-order valence-corrected chi connectivity index (χ1v) is 8.97. The van der Waals surface area contributed by atoms with E-state index < -0.39 is 34.2 Å². The Morgan fingerprint density at radius 1 is 1.15 bits per heavy atom. The van der Waals surface area contributed by atoms with Crippen LogP contribution in [0.1, 0.15) is 4.88 Å². The second-order valence-corrected chi connectivity index (χ2v) is 7.39. The van der Waals surface area contributed by atoms with Crippen molar-refractivity contribution in [1.82, 2.24) is 9.55 Å². The van der Waals surface area contributed by atoms with Gasteiger partial charge in [-0.2, -0.15) is 8.97 Å². The van der Waals surface area contributed by atoms with Crippen LogP contribution in [-0.2, 0) is 6.54 Å². The van der Waals surface area contributed by atoms with E-state index in [9.17, 15) is 18.7 Å². The molecule has 0 bridgehead atoms. The van der Waals surface area contributed by atoms with Gasteiger partial charge in [0.25, 0.3) is 11.5 Å². The zero-order chi connectivity index (χ0) is 19.1. The number of halogens is 3. The molecule has 9 heteroatoms. The van der Waals surface area contributed by atoms with Crippen LogP contribution in [0.15, 0.2) is 53.6 Å². The zero-order valence-corrected chi connectivity index (χ0v) is 15.1. The summed E-state index contributed by atoms with van der Waals surface area (Å²) in [4.78, 5) is 17.5. The Hall–Kier alpha value is -2.84. The summed E-state index contributed by atoms with van der Waals surface area (Å²) in [5.41, 5.74) is -1.41. The molecule has 5 nitrogen and oxygen atoms in total. The van der Waals surface area contributed by atoms with Crippen molar-refractivity contribution in [2.45, 2.75) is 6.54 Å². The summed E-state index contributed by atoms with van der Waals surface area (Å²) < 4.78 is 31.6. The largest absolute Gasteiger partial charge is 0.477 e. The first-order chi connectivity index (χ1) is 13.0. The topological polar surface area (TPSA) is 59.2 Å². The fourth-order valence-electron chi connectivity index (χ4n) is 2.91. The number of hydrogen-bond donors (Lipinski definition) is 1. The molecule has 4 rings (SSSR count). The standard InChI is InChI=1S/C18H10ClF2N3O2S/c19-18-22-8-10(27-18)9-24-13-6-1-2-7-23(13)16(25)15(17(24)26)14-11(20)4-3-5-12(14)21/h1-8H,9H2/p+1. The molecule has 0 saturated carbocycles. The van der Waals surface area contributed by atoms with E-state index in [-0.39, 0.29) is 6.54 Å². The van der Waals surface area contributed by atoms with Crippen LogP contribution in [0.2, 0.25) is 4.47 Å². The van der Waals surface area contributed by atoms with E-state index in [2.05, 4.69) is 4.98 Å². The van der Waals surface area contributed by atoms with E-state index in [0.29, 0.717) is 15.0 Å². The predicted octanol–water partition coefficient (Wildman–Crippen LogP) is 3.40. The number of aromatic nitrogens is 3. The minimum atomic E-state index is -0.939. The minimum Gasteiger partial charge on any atom is -0.477 e. The van der Waals surface area contributed by atoms with Gasteiger partial charge in [0.2, 0.25) is 0 Å². The number of aromatic hydroxyl groups is 1. The monoisotopic (exact) mass is 406 g/mol. The molecule has 0 unspecified atom stereocenters. The summed E-state index contributed by atoms with van der Waals surface area (Å²) in [6.45, 7) is 0.118. The Morgan fingerprint density at radius 2 is 1.89 bits per heavy atom. The van der Waals surface area contributed by atoms with Gasteiger partial charge in [0.05, 0.1) is 16.6 Å². The second-order valence-electron chi connectivity index (χ2n) is 5.69. The molecule has 0 amide bonds. The van der Waals surface area contributed by atoms with E-state index in [1.165, 1.54) is 38.8 Å². The molecular weight excluding hydrogens is 396 g/mol. The molecule has 1 aromatic carbocycles. The van der Waals surface area contributed by atoms with Crippen LogP contribution in [-0.4, -0.2) is 14.7 Å². The van der Waals surface area contributed by atoms with Crippen molar-refractivity contribution in [2.75, 3.05) is 0 Å². The molecule has 0 fully saturated rings. The fourth-order valence-corrected chi connectivity index (χ4v) is 3.88. The highest BCUT2D eigenvalue weighted by molar-refractivity contribution is 7.15. The van der Waals surface area contributed by atoms with Gasteiger partial charge in [-0.1, -0.05) is 23.7 Å². The number of thiazole rings is 1. The van der Waals surface area contributed by atoms with E-state index in [0.717, 1.165) is 12.1 Å². The molecule has 0 atom stereocenters. The molecule has 0 radical (unpaired) electrons. The Balaban J connectivity index is 2.07. The smallest absolute Gasteiger partial charge is 0.354 e. The van der Waals surface area contributed by atoms with Crippen LogP contribution < -0.4 is 9.96 Å². The Labute approximate surface area is 160 Å². The number of pyridine rings is 1. The highest BCUT2D eigenvalue weighted by Crippen LogP contribution is 2.31. The quantitative estimate of drug-likeness (QED) is 0.530. The second kappa shape index (κ2) is 6.71. The lowest BCUT2D eigenvalue weighted by Crippen LogP contribution is -2.43. The molecule has 136 valence electrons. The van der Waals surface area contributed by atoms with Gasteiger partial charge in [-0.3, -0.25) is 0 Å². The number of nitrogens with zero attached hydrogens (tertiary/aromatic N) is 3. The van der Waals surface area contributed by atoms with Gasteiger partial charge in [-0.15, -0.1) is 11.3 Å². The third-order valence-electron chi connectivity index (χ3n) is 4.08. The Bertz CT molecular complexity index is 1220. The number of hydrogen-bond acceptors (Lipinski definition) is 4. The van der Waals surface area contributed by atoms with Crippen LogP contribution in [0.25, 0.3) is 16.8 Å². The maximum atomic E-state index is 14.3. The van der Waals surface area contributed by atoms with Gasteiger partial charge in [-0.25, -0.2) is 18.6 Å². The lowest BCUT2D eigenvalue weighted by atomic mass is 10.1. The van der Waals surface area contributed by atoms with Crippen LogP contribution in [0.3, 0.4) is 0 Å². The van der Waals surface area contributed by atoms with Crippen molar-refractivity contribution in [2.24, 2.45) is 0 Å². The minimum absolute atomic E-state index is 0.118. The van der Waals surface area contributed by atoms with E-state index in [1.807, 2.05) is 0 Å². The summed E-state index contributed by atoms with van der Waals surface area (Å²) >= 11 is 7.06. The molecule has 3 heterocycles. The molecular formula is C18H11ClF2N3O2S+. The van der Waals surface area contributed by atoms with Crippen molar-refractivity contribution < 1.29 is 18.3 Å². The summed E-state index contributed by atoms with van der Waals surface area (Å²) in [7, 11) is 0. The molecule has 1 N–H and O–H groups in total. The van der Waals surface area contributed by atoms with Crippen molar-refractivity contribution in [3.05, 3.63) is 80.1 Å². The third kappa shape index (κ3) is 2.96. The highest BCUT2D eigenvalue weighted by atomic mass is 35.5. The average Bonchev–Trinajstić information content (AvgIpc) is 3.06. The van der Waals surface area contributed by atoms with Crippen molar-refractivity contribution >= 4 is 28.6 Å². The molecule has 0 aliphatic heterocycles. The average molecular weight is 407 g/mol. The predicted molar refractivity (Wildman–Crippen MR) is 97.1 cm³/mol. The van der Waals surface area contributed by atoms with E-state index in [1.54, 1.807) is 18.2 Å². The summed E-state index contributed by atoms with van der Waals surface area (Å²) in [5, 5.41) is 10.8. The first kappa shape index (κ1) is 17.6.